The van der Waals surface area contributed by atoms with Gasteiger partial charge in [-0.2, -0.15) is 0 Å². The van der Waals surface area contributed by atoms with Gasteiger partial charge in [-0.25, -0.2) is 4.99 Å². The van der Waals surface area contributed by atoms with Crippen molar-refractivity contribution in [2.75, 3.05) is 0 Å². The predicted octanol–water partition coefficient (Wildman–Crippen LogP) is 3.41. The van der Waals surface area contributed by atoms with Crippen molar-refractivity contribution in [2.45, 2.75) is 20.8 Å². The summed E-state index contributed by atoms with van der Waals surface area (Å²) in [7, 11) is 0. The Hall–Kier alpha value is -1.31. The lowest BCUT2D eigenvalue weighted by molar-refractivity contribution is 1.35. The molecule has 66 valence electrons. The number of aliphatic imine (C=N–C) groups is 1. The maximum atomic E-state index is 3.79. The second-order valence-electron chi connectivity index (χ2n) is 1.94. The quantitative estimate of drug-likeness (QED) is 0.649. The molecule has 2 nitrogen and oxygen atoms in total. The van der Waals surface area contributed by atoms with E-state index in [-0.39, 0.29) is 0 Å². The fraction of sp³-hybridized carbons (Fsp3) is 0.300. The van der Waals surface area contributed by atoms with Crippen LogP contribution in [0.2, 0.25) is 0 Å². The Bertz CT molecular complexity index is 246. The van der Waals surface area contributed by atoms with Crippen LogP contribution in [0.4, 0.5) is 5.82 Å². The molecule has 0 radical (unpaired) electrons. The third-order valence-electron chi connectivity index (χ3n) is 1.26. The van der Waals surface area contributed by atoms with Gasteiger partial charge in [-0.15, -0.1) is 0 Å². The summed E-state index contributed by atoms with van der Waals surface area (Å²) in [6.07, 6.45) is 5.80. The molecule has 1 aromatic rings. The molecule has 0 aliphatic rings. The first-order valence-electron chi connectivity index (χ1n) is 4.15. The highest BCUT2D eigenvalue weighted by Gasteiger charge is 1.93. The molecule has 12 heavy (non-hydrogen) atoms. The van der Waals surface area contributed by atoms with Crippen LogP contribution in [-0.2, 0) is 0 Å². The van der Waals surface area contributed by atoms with Crippen LogP contribution in [0.3, 0.4) is 0 Å². The van der Waals surface area contributed by atoms with Crippen LogP contribution in [0.25, 0.3) is 6.08 Å². The van der Waals surface area contributed by atoms with E-state index in [1.54, 1.807) is 0 Å². The standard InChI is InChI=1S/C8H10N2.C2H6/c1-3-4-7-5-6-10-8(7)9-2;1-2/h3-6,10H,2H2,1H3;1-2H3/b4-3-;. The number of nitrogens with zero attached hydrogens (tertiary/aromatic N) is 1. The van der Waals surface area contributed by atoms with Crippen molar-refractivity contribution in [3.63, 3.8) is 0 Å². The van der Waals surface area contributed by atoms with Gasteiger partial charge in [-0.05, 0) is 19.7 Å². The number of hydrogen-bond donors (Lipinski definition) is 1. The lowest BCUT2D eigenvalue weighted by atomic mass is 10.3. The first-order chi connectivity index (χ1) is 5.88. The Kier molecular flexibility index (Phi) is 5.70. The maximum Gasteiger partial charge on any atom is 0.136 e. The van der Waals surface area contributed by atoms with Gasteiger partial charge in [0.15, 0.2) is 0 Å². The number of allylic oxidation sites excluding steroid dienone is 1. The number of rotatable bonds is 2. The summed E-state index contributed by atoms with van der Waals surface area (Å²) in [6.45, 7) is 9.40. The van der Waals surface area contributed by atoms with E-state index in [9.17, 15) is 0 Å². The van der Waals surface area contributed by atoms with Gasteiger partial charge in [0.05, 0.1) is 0 Å². The molecule has 0 unspecified atom stereocenters. The van der Waals surface area contributed by atoms with E-state index >= 15 is 0 Å². The molecule has 1 heterocycles. The highest BCUT2D eigenvalue weighted by Crippen LogP contribution is 2.16. The van der Waals surface area contributed by atoms with Crippen molar-refractivity contribution in [3.8, 4) is 0 Å². The Labute approximate surface area is 74.0 Å². The molecule has 0 saturated carbocycles. The molecule has 0 amide bonds. The van der Waals surface area contributed by atoms with Gasteiger partial charge >= 0.3 is 0 Å². The Morgan fingerprint density at radius 2 is 2.17 bits per heavy atom. The van der Waals surface area contributed by atoms with Crippen molar-refractivity contribution in [3.05, 3.63) is 23.9 Å². The smallest absolute Gasteiger partial charge is 0.136 e. The minimum absolute atomic E-state index is 0.832. The highest BCUT2D eigenvalue weighted by molar-refractivity contribution is 5.62. The third-order valence-corrected chi connectivity index (χ3v) is 1.26. The molecule has 0 atom stereocenters. The first-order valence-corrected chi connectivity index (χ1v) is 4.15. The lowest BCUT2D eigenvalue weighted by Gasteiger charge is -1.87. The van der Waals surface area contributed by atoms with E-state index in [0.29, 0.717) is 0 Å². The topological polar surface area (TPSA) is 28.1 Å². The zero-order valence-corrected chi connectivity index (χ0v) is 7.96. The summed E-state index contributed by atoms with van der Waals surface area (Å²) in [5.41, 5.74) is 1.08. The summed E-state index contributed by atoms with van der Waals surface area (Å²) >= 11 is 0. The molecule has 0 spiro atoms. The molecule has 0 fully saturated rings. The third kappa shape index (κ3) is 2.74. The van der Waals surface area contributed by atoms with E-state index < -0.39 is 0 Å². The number of nitrogens with one attached hydrogen (secondary N) is 1. The van der Waals surface area contributed by atoms with Crippen LogP contribution in [0.1, 0.15) is 26.3 Å². The molecule has 1 N–H and O–H groups in total. The van der Waals surface area contributed by atoms with Gasteiger partial charge in [0.2, 0.25) is 0 Å². The van der Waals surface area contributed by atoms with Gasteiger partial charge in [-0.1, -0.05) is 26.0 Å². The summed E-state index contributed by atoms with van der Waals surface area (Å²) in [4.78, 5) is 6.75. The Morgan fingerprint density at radius 3 is 2.67 bits per heavy atom. The van der Waals surface area contributed by atoms with Crippen LogP contribution in [0, 0.1) is 0 Å². The summed E-state index contributed by atoms with van der Waals surface area (Å²) < 4.78 is 0. The fourth-order valence-electron chi connectivity index (χ4n) is 0.824. The van der Waals surface area contributed by atoms with Gasteiger partial charge in [-0.3, -0.25) is 0 Å². The zero-order chi connectivity index (χ0) is 9.40. The Balaban J connectivity index is 0.000000561. The minimum atomic E-state index is 0.832. The van der Waals surface area contributed by atoms with Crippen molar-refractivity contribution in [1.82, 2.24) is 4.98 Å². The molecule has 0 saturated heterocycles. The molecule has 0 aliphatic heterocycles. The van der Waals surface area contributed by atoms with Crippen LogP contribution in [-0.4, -0.2) is 11.7 Å². The number of aromatic amines is 1. The van der Waals surface area contributed by atoms with E-state index in [2.05, 4.69) is 16.7 Å². The average molecular weight is 164 g/mol. The number of H-pyrrole nitrogens is 1. The number of aromatic nitrogens is 1. The highest BCUT2D eigenvalue weighted by atomic mass is 14.9. The molecule has 1 rings (SSSR count). The van der Waals surface area contributed by atoms with E-state index in [1.807, 2.05) is 45.2 Å². The van der Waals surface area contributed by atoms with Crippen molar-refractivity contribution < 1.29 is 0 Å². The normalized spacial score (nSPS) is 9.25. The summed E-state index contributed by atoms with van der Waals surface area (Å²) in [5.74, 6) is 0.832. The molecule has 0 bridgehead atoms. The van der Waals surface area contributed by atoms with Crippen LogP contribution >= 0.6 is 0 Å². The molecule has 1 aromatic heterocycles. The second-order valence-corrected chi connectivity index (χ2v) is 1.94. The molecule has 0 aromatic carbocycles. The van der Waals surface area contributed by atoms with Gasteiger partial charge in [0.25, 0.3) is 0 Å². The van der Waals surface area contributed by atoms with Gasteiger partial charge in [0.1, 0.15) is 5.82 Å². The molecular weight excluding hydrogens is 148 g/mol. The van der Waals surface area contributed by atoms with Crippen molar-refractivity contribution >= 4 is 18.6 Å². The summed E-state index contributed by atoms with van der Waals surface area (Å²) in [5, 5.41) is 0. The number of hydrogen-bond acceptors (Lipinski definition) is 1. The monoisotopic (exact) mass is 164 g/mol. The Morgan fingerprint density at radius 1 is 1.50 bits per heavy atom. The molecule has 2 heteroatoms. The van der Waals surface area contributed by atoms with Crippen molar-refractivity contribution in [1.29, 1.82) is 0 Å². The van der Waals surface area contributed by atoms with Crippen LogP contribution in [0.15, 0.2) is 23.3 Å². The van der Waals surface area contributed by atoms with E-state index in [1.165, 1.54) is 0 Å². The second kappa shape index (κ2) is 6.40. The lowest BCUT2D eigenvalue weighted by Crippen LogP contribution is -1.64. The molecular formula is C10H16N2. The zero-order valence-electron chi connectivity index (χ0n) is 7.96. The van der Waals surface area contributed by atoms with E-state index in [4.69, 9.17) is 0 Å². The van der Waals surface area contributed by atoms with E-state index in [0.717, 1.165) is 11.4 Å². The average Bonchev–Trinajstić information content (AvgIpc) is 2.56. The predicted molar refractivity (Wildman–Crippen MR) is 56.1 cm³/mol. The molecule has 0 aliphatic carbocycles. The van der Waals surface area contributed by atoms with Gasteiger partial charge in [0, 0.05) is 11.8 Å². The van der Waals surface area contributed by atoms with Crippen LogP contribution in [0.5, 0.6) is 0 Å². The minimum Gasteiger partial charge on any atom is -0.346 e. The fourth-order valence-corrected chi connectivity index (χ4v) is 0.824. The van der Waals surface area contributed by atoms with Crippen LogP contribution < -0.4 is 0 Å². The van der Waals surface area contributed by atoms with Crippen molar-refractivity contribution in [2.24, 2.45) is 4.99 Å². The summed E-state index contributed by atoms with van der Waals surface area (Å²) in [6, 6.07) is 1.96. The maximum absolute atomic E-state index is 3.79. The first kappa shape index (κ1) is 10.7. The largest absolute Gasteiger partial charge is 0.346 e. The SMILES string of the molecule is C=Nc1[nH]ccc1/C=C\C.CC. The van der Waals surface area contributed by atoms with Gasteiger partial charge < -0.3 is 4.98 Å².